The fraction of sp³-hybridized carbons (Fsp3) is 1.00. The second-order valence-corrected chi connectivity index (χ2v) is 3.79. The van der Waals surface area contributed by atoms with Gasteiger partial charge in [0.1, 0.15) is 0 Å². The number of hydrogen-bond donors (Lipinski definition) is 1. The van der Waals surface area contributed by atoms with E-state index in [2.05, 4.69) is 13.8 Å². The summed E-state index contributed by atoms with van der Waals surface area (Å²) in [5.74, 6) is 0. The van der Waals surface area contributed by atoms with Crippen molar-refractivity contribution in [2.24, 2.45) is 0 Å². The predicted octanol–water partition coefficient (Wildman–Crippen LogP) is 2.37. The molecule has 2 atom stereocenters. The van der Waals surface area contributed by atoms with Gasteiger partial charge < -0.3 is 14.6 Å². The lowest BCUT2D eigenvalue weighted by atomic mass is 10.1. The van der Waals surface area contributed by atoms with Crippen LogP contribution in [-0.4, -0.2) is 37.1 Å². The minimum atomic E-state index is -0.328. The Labute approximate surface area is 93.8 Å². The van der Waals surface area contributed by atoms with E-state index in [-0.39, 0.29) is 12.2 Å². The van der Waals surface area contributed by atoms with Gasteiger partial charge in [0, 0.05) is 6.61 Å². The van der Waals surface area contributed by atoms with Gasteiger partial charge in [-0.1, -0.05) is 27.2 Å². The molecule has 3 heteroatoms. The van der Waals surface area contributed by atoms with Crippen molar-refractivity contribution < 1.29 is 14.6 Å². The van der Waals surface area contributed by atoms with Gasteiger partial charge in [-0.15, -0.1) is 0 Å². The van der Waals surface area contributed by atoms with E-state index in [0.717, 1.165) is 32.3 Å². The zero-order chi connectivity index (χ0) is 11.5. The molecule has 0 aromatic rings. The molecule has 1 N–H and O–H groups in total. The number of rotatable bonds is 10. The molecule has 0 saturated heterocycles. The van der Waals surface area contributed by atoms with E-state index in [9.17, 15) is 5.11 Å². The van der Waals surface area contributed by atoms with Crippen LogP contribution in [0.3, 0.4) is 0 Å². The van der Waals surface area contributed by atoms with Crippen LogP contribution < -0.4 is 0 Å². The maximum atomic E-state index is 9.75. The molecule has 0 rings (SSSR count). The van der Waals surface area contributed by atoms with Gasteiger partial charge in [-0.3, -0.25) is 0 Å². The first kappa shape index (κ1) is 14.9. The van der Waals surface area contributed by atoms with E-state index in [1.807, 2.05) is 6.92 Å². The van der Waals surface area contributed by atoms with E-state index in [0.29, 0.717) is 13.2 Å². The van der Waals surface area contributed by atoms with Crippen molar-refractivity contribution in [1.82, 2.24) is 0 Å². The van der Waals surface area contributed by atoms with Crippen molar-refractivity contribution in [3.05, 3.63) is 0 Å². The third kappa shape index (κ3) is 7.77. The quantitative estimate of drug-likeness (QED) is 0.572. The molecule has 0 aliphatic carbocycles. The third-order valence-electron chi connectivity index (χ3n) is 2.32. The largest absolute Gasteiger partial charge is 0.390 e. The van der Waals surface area contributed by atoms with Crippen molar-refractivity contribution in [2.75, 3.05) is 19.8 Å². The maximum absolute atomic E-state index is 9.75. The molecule has 0 aliphatic heterocycles. The van der Waals surface area contributed by atoms with Crippen LogP contribution >= 0.6 is 0 Å². The second kappa shape index (κ2) is 10.4. The third-order valence-corrected chi connectivity index (χ3v) is 2.32. The summed E-state index contributed by atoms with van der Waals surface area (Å²) in [5.41, 5.74) is 0. The summed E-state index contributed by atoms with van der Waals surface area (Å²) >= 11 is 0. The van der Waals surface area contributed by atoms with Crippen LogP contribution in [0.2, 0.25) is 0 Å². The van der Waals surface area contributed by atoms with Crippen molar-refractivity contribution in [3.8, 4) is 0 Å². The lowest BCUT2D eigenvalue weighted by Gasteiger charge is -2.21. The van der Waals surface area contributed by atoms with Crippen molar-refractivity contribution in [3.63, 3.8) is 0 Å². The van der Waals surface area contributed by atoms with Crippen LogP contribution in [0.4, 0.5) is 0 Å². The highest BCUT2D eigenvalue weighted by atomic mass is 16.5. The predicted molar refractivity (Wildman–Crippen MR) is 62.1 cm³/mol. The Morgan fingerprint density at radius 3 is 2.27 bits per heavy atom. The summed E-state index contributed by atoms with van der Waals surface area (Å²) in [6, 6.07) is 0. The van der Waals surface area contributed by atoms with Gasteiger partial charge in [-0.25, -0.2) is 0 Å². The lowest BCUT2D eigenvalue weighted by Crippen LogP contribution is -2.29. The fourth-order valence-corrected chi connectivity index (χ4v) is 1.49. The normalized spacial score (nSPS) is 15.2. The molecule has 0 fully saturated rings. The molecular weight excluding hydrogens is 192 g/mol. The van der Waals surface area contributed by atoms with Crippen LogP contribution in [0.25, 0.3) is 0 Å². The first-order valence-corrected chi connectivity index (χ1v) is 6.13. The number of ether oxygens (including phenoxy) is 2. The van der Waals surface area contributed by atoms with Crippen molar-refractivity contribution in [2.45, 2.75) is 58.7 Å². The Morgan fingerprint density at radius 2 is 1.73 bits per heavy atom. The highest BCUT2D eigenvalue weighted by molar-refractivity contribution is 4.66. The monoisotopic (exact) mass is 218 g/mol. The molecule has 0 spiro atoms. The first-order valence-electron chi connectivity index (χ1n) is 6.13. The van der Waals surface area contributed by atoms with Gasteiger partial charge in [0.05, 0.1) is 25.4 Å². The van der Waals surface area contributed by atoms with Crippen LogP contribution in [0, 0.1) is 0 Å². The molecule has 15 heavy (non-hydrogen) atoms. The molecule has 0 bridgehead atoms. The number of hydrogen-bond acceptors (Lipinski definition) is 3. The fourth-order valence-electron chi connectivity index (χ4n) is 1.49. The van der Waals surface area contributed by atoms with Gasteiger partial charge >= 0.3 is 0 Å². The zero-order valence-electron chi connectivity index (χ0n) is 10.4. The number of aliphatic hydroxyl groups is 1. The molecule has 0 saturated carbocycles. The Hall–Kier alpha value is -0.120. The molecule has 92 valence electrons. The Bertz CT molecular complexity index is 128. The highest BCUT2D eigenvalue weighted by Crippen LogP contribution is 2.09. The van der Waals surface area contributed by atoms with E-state index < -0.39 is 0 Å². The van der Waals surface area contributed by atoms with E-state index >= 15 is 0 Å². The van der Waals surface area contributed by atoms with E-state index in [4.69, 9.17) is 9.47 Å². The van der Waals surface area contributed by atoms with Gasteiger partial charge in [0.25, 0.3) is 0 Å². The molecule has 0 aliphatic rings. The summed E-state index contributed by atoms with van der Waals surface area (Å²) in [5, 5.41) is 9.75. The van der Waals surface area contributed by atoms with E-state index in [1.54, 1.807) is 0 Å². The maximum Gasteiger partial charge on any atom is 0.0832 e. The van der Waals surface area contributed by atoms with Gasteiger partial charge in [-0.2, -0.15) is 0 Å². The molecular formula is C12H26O3. The Kier molecular flexibility index (Phi) is 10.3. The van der Waals surface area contributed by atoms with Crippen LogP contribution in [0.15, 0.2) is 0 Å². The highest BCUT2D eigenvalue weighted by Gasteiger charge is 2.16. The summed E-state index contributed by atoms with van der Waals surface area (Å²) < 4.78 is 10.9. The number of aliphatic hydroxyl groups excluding tert-OH is 1. The Morgan fingerprint density at radius 1 is 1.00 bits per heavy atom. The SMILES string of the molecule is CCCOCCOC(CC)C(O)CCC. The Balaban J connectivity index is 3.51. The van der Waals surface area contributed by atoms with Crippen LogP contribution in [0.1, 0.15) is 46.5 Å². The van der Waals surface area contributed by atoms with Crippen molar-refractivity contribution in [1.29, 1.82) is 0 Å². The zero-order valence-corrected chi connectivity index (χ0v) is 10.4. The molecule has 0 aromatic carbocycles. The summed E-state index contributed by atoms with van der Waals surface area (Å²) in [4.78, 5) is 0. The van der Waals surface area contributed by atoms with Crippen molar-refractivity contribution >= 4 is 0 Å². The topological polar surface area (TPSA) is 38.7 Å². The first-order chi connectivity index (χ1) is 7.26. The summed E-state index contributed by atoms with van der Waals surface area (Å²) in [7, 11) is 0. The molecule has 3 nitrogen and oxygen atoms in total. The molecule has 0 amide bonds. The second-order valence-electron chi connectivity index (χ2n) is 3.79. The smallest absolute Gasteiger partial charge is 0.0832 e. The van der Waals surface area contributed by atoms with Gasteiger partial charge in [0.15, 0.2) is 0 Å². The lowest BCUT2D eigenvalue weighted by molar-refractivity contribution is -0.0597. The molecule has 0 aromatic heterocycles. The summed E-state index contributed by atoms with van der Waals surface area (Å²) in [6.07, 6.45) is 3.34. The van der Waals surface area contributed by atoms with E-state index in [1.165, 1.54) is 0 Å². The average molecular weight is 218 g/mol. The minimum absolute atomic E-state index is 0.0322. The molecule has 0 radical (unpaired) electrons. The summed E-state index contributed by atoms with van der Waals surface area (Å²) in [6.45, 7) is 8.19. The average Bonchev–Trinajstić information content (AvgIpc) is 2.23. The van der Waals surface area contributed by atoms with Crippen LogP contribution in [-0.2, 0) is 9.47 Å². The van der Waals surface area contributed by atoms with Gasteiger partial charge in [0.2, 0.25) is 0 Å². The van der Waals surface area contributed by atoms with Gasteiger partial charge in [-0.05, 0) is 19.3 Å². The minimum Gasteiger partial charge on any atom is -0.390 e. The molecule has 0 heterocycles. The standard InChI is InChI=1S/C12H26O3/c1-4-7-11(13)12(6-3)15-10-9-14-8-5-2/h11-13H,4-10H2,1-3H3. The molecule has 2 unspecified atom stereocenters. The van der Waals surface area contributed by atoms with Crippen LogP contribution in [0.5, 0.6) is 0 Å².